The van der Waals surface area contributed by atoms with E-state index >= 15 is 0 Å². The second-order valence-corrected chi connectivity index (χ2v) is 7.40. The maximum atomic E-state index is 14.4. The number of nitrogens with zero attached hydrogens (tertiary/aromatic N) is 4. The minimum Gasteiger partial charge on any atom is -0.494 e. The second kappa shape index (κ2) is 9.07. The monoisotopic (exact) mass is 446 g/mol. The minimum absolute atomic E-state index is 0.135. The molecule has 4 rings (SSSR count). The summed E-state index contributed by atoms with van der Waals surface area (Å²) < 4.78 is 21.2. The Morgan fingerprint density at radius 2 is 2.09 bits per heavy atom. The largest absolute Gasteiger partial charge is 0.494 e. The van der Waals surface area contributed by atoms with Crippen LogP contribution >= 0.6 is 0 Å². The molecule has 0 aliphatic heterocycles. The van der Waals surface area contributed by atoms with Crippen molar-refractivity contribution in [2.45, 2.75) is 19.5 Å². The summed E-state index contributed by atoms with van der Waals surface area (Å²) in [6.07, 6.45) is 2.60. The van der Waals surface area contributed by atoms with Gasteiger partial charge in [-0.3, -0.25) is 4.79 Å². The van der Waals surface area contributed by atoms with E-state index < -0.39 is 5.82 Å². The maximum absolute atomic E-state index is 14.4. The van der Waals surface area contributed by atoms with Crippen molar-refractivity contribution in [3.05, 3.63) is 78.4 Å². The third-order valence-corrected chi connectivity index (χ3v) is 5.45. The number of nitrogen functional groups attached to an aromatic ring is 1. The number of aromatic nitrogens is 4. The number of carbonyl (C=O) groups is 1. The number of nitrogens with one attached hydrogen (secondary N) is 1. The van der Waals surface area contributed by atoms with Crippen LogP contribution in [0.15, 0.2) is 61.4 Å². The van der Waals surface area contributed by atoms with Gasteiger partial charge in [0.25, 0.3) is 0 Å². The topological polar surface area (TPSA) is 108 Å². The highest BCUT2D eigenvalue weighted by Gasteiger charge is 2.23. The van der Waals surface area contributed by atoms with Gasteiger partial charge in [0.05, 0.1) is 18.5 Å². The van der Waals surface area contributed by atoms with Crippen molar-refractivity contribution in [2.24, 2.45) is 0 Å². The minimum atomic E-state index is -0.510. The third-order valence-electron chi connectivity index (χ3n) is 5.45. The highest BCUT2D eigenvalue weighted by Crippen LogP contribution is 2.35. The molecule has 168 valence electrons. The van der Waals surface area contributed by atoms with Crippen molar-refractivity contribution in [3.63, 3.8) is 0 Å². The van der Waals surface area contributed by atoms with Crippen molar-refractivity contribution < 1.29 is 13.9 Å². The summed E-state index contributed by atoms with van der Waals surface area (Å²) in [6.45, 7) is 5.78. The average molecular weight is 446 g/mol. The zero-order valence-corrected chi connectivity index (χ0v) is 18.2. The van der Waals surface area contributed by atoms with Crippen molar-refractivity contribution >= 4 is 22.8 Å². The van der Waals surface area contributed by atoms with E-state index in [1.54, 1.807) is 10.7 Å². The summed E-state index contributed by atoms with van der Waals surface area (Å²) >= 11 is 0. The molecule has 0 bridgehead atoms. The van der Waals surface area contributed by atoms with Crippen molar-refractivity contribution in [1.29, 1.82) is 0 Å². The van der Waals surface area contributed by atoms with Gasteiger partial charge >= 0.3 is 0 Å². The van der Waals surface area contributed by atoms with Gasteiger partial charge in [-0.05, 0) is 42.3 Å². The fraction of sp³-hybridized carbons (Fsp3) is 0.167. The molecule has 0 saturated heterocycles. The Hall–Kier alpha value is -4.27. The fourth-order valence-electron chi connectivity index (χ4n) is 3.77. The molecule has 0 aliphatic carbocycles. The predicted octanol–water partition coefficient (Wildman–Crippen LogP) is 3.63. The number of nitrogens with two attached hydrogens (primary N) is 1. The van der Waals surface area contributed by atoms with E-state index in [0.29, 0.717) is 28.8 Å². The molecule has 0 saturated carbocycles. The molecule has 2 aromatic carbocycles. The molecule has 2 heterocycles. The van der Waals surface area contributed by atoms with Gasteiger partial charge in [0.2, 0.25) is 5.91 Å². The van der Waals surface area contributed by atoms with Crippen LogP contribution in [0, 0.1) is 5.82 Å². The number of rotatable bonds is 7. The average Bonchev–Trinajstić information content (AvgIpc) is 3.23. The predicted molar refractivity (Wildman–Crippen MR) is 124 cm³/mol. The van der Waals surface area contributed by atoms with Gasteiger partial charge < -0.3 is 15.8 Å². The first-order chi connectivity index (χ1) is 15.9. The number of methoxy groups -OCH3 is 1. The smallest absolute Gasteiger partial charge is 0.243 e. The SMILES string of the molecule is C=CC(=O)NCc1ccccc1C(C)n1nc(-c2ccc(OC)c(F)c2)c2c(N)ncnc21. The number of benzene rings is 2. The van der Waals surface area contributed by atoms with Crippen LogP contribution in [-0.2, 0) is 11.3 Å². The van der Waals surface area contributed by atoms with Crippen LogP contribution in [0.2, 0.25) is 0 Å². The van der Waals surface area contributed by atoms with Crippen LogP contribution in [0.5, 0.6) is 5.75 Å². The standard InChI is InChI=1S/C24H23FN6O2/c1-4-20(32)27-12-16-7-5-6-8-17(16)14(2)31-24-21(23(26)28-13-29-24)22(30-31)15-9-10-19(33-3)18(25)11-15/h4-11,13-14H,1,12H2,2-3H3,(H,27,32)(H2,26,28,29). The van der Waals surface area contributed by atoms with E-state index in [2.05, 4.69) is 21.9 Å². The van der Waals surface area contributed by atoms with Gasteiger partial charge in [-0.15, -0.1) is 0 Å². The summed E-state index contributed by atoms with van der Waals surface area (Å²) in [5.41, 5.74) is 9.56. The normalized spacial score (nSPS) is 11.8. The molecule has 1 unspecified atom stereocenters. The molecule has 3 N–H and O–H groups in total. The summed E-state index contributed by atoms with van der Waals surface area (Å²) in [7, 11) is 1.41. The molecule has 0 spiro atoms. The zero-order chi connectivity index (χ0) is 23.5. The molecular weight excluding hydrogens is 423 g/mol. The quantitative estimate of drug-likeness (QED) is 0.420. The Morgan fingerprint density at radius 1 is 1.30 bits per heavy atom. The first-order valence-corrected chi connectivity index (χ1v) is 10.2. The van der Waals surface area contributed by atoms with Crippen molar-refractivity contribution in [1.82, 2.24) is 25.1 Å². The lowest BCUT2D eigenvalue weighted by Crippen LogP contribution is -2.22. The Bertz CT molecular complexity index is 1350. The van der Waals surface area contributed by atoms with Crippen LogP contribution < -0.4 is 15.8 Å². The Morgan fingerprint density at radius 3 is 2.82 bits per heavy atom. The van der Waals surface area contributed by atoms with E-state index in [1.807, 2.05) is 31.2 Å². The molecular formula is C24H23FN6O2. The Balaban J connectivity index is 1.83. The maximum Gasteiger partial charge on any atom is 0.243 e. The number of amides is 1. The zero-order valence-electron chi connectivity index (χ0n) is 18.2. The fourth-order valence-corrected chi connectivity index (χ4v) is 3.77. The van der Waals surface area contributed by atoms with Crippen LogP contribution in [0.1, 0.15) is 24.1 Å². The molecule has 0 aliphatic rings. The summed E-state index contributed by atoms with van der Waals surface area (Å²) in [5.74, 6) is -0.386. The molecule has 33 heavy (non-hydrogen) atoms. The molecule has 9 heteroatoms. The van der Waals surface area contributed by atoms with E-state index in [4.69, 9.17) is 15.6 Å². The third kappa shape index (κ3) is 4.12. The van der Waals surface area contributed by atoms with Gasteiger partial charge in [-0.25, -0.2) is 19.0 Å². The van der Waals surface area contributed by atoms with Crippen LogP contribution in [0.4, 0.5) is 10.2 Å². The number of carbonyl (C=O) groups excluding carboxylic acids is 1. The molecule has 8 nitrogen and oxygen atoms in total. The van der Waals surface area contributed by atoms with Gasteiger partial charge in [0.1, 0.15) is 17.8 Å². The van der Waals surface area contributed by atoms with Crippen molar-refractivity contribution in [2.75, 3.05) is 12.8 Å². The van der Waals surface area contributed by atoms with Gasteiger partial charge in [-0.2, -0.15) is 5.10 Å². The first-order valence-electron chi connectivity index (χ1n) is 10.2. The number of hydrogen-bond acceptors (Lipinski definition) is 6. The number of halogens is 1. The van der Waals surface area contributed by atoms with Gasteiger partial charge in [0, 0.05) is 12.1 Å². The summed E-state index contributed by atoms with van der Waals surface area (Å²) in [5, 5.41) is 8.11. The highest BCUT2D eigenvalue weighted by atomic mass is 19.1. The summed E-state index contributed by atoms with van der Waals surface area (Å²) in [6, 6.07) is 12.0. The highest BCUT2D eigenvalue weighted by molar-refractivity contribution is 5.98. The molecule has 4 aromatic rings. The number of anilines is 1. The van der Waals surface area contributed by atoms with Crippen LogP contribution in [-0.4, -0.2) is 32.8 Å². The van der Waals surface area contributed by atoms with Gasteiger partial charge in [-0.1, -0.05) is 30.8 Å². The van der Waals surface area contributed by atoms with Crippen molar-refractivity contribution in [3.8, 4) is 17.0 Å². The molecule has 0 radical (unpaired) electrons. The van der Waals surface area contributed by atoms with Crippen LogP contribution in [0.25, 0.3) is 22.3 Å². The number of ether oxygens (including phenoxy) is 1. The second-order valence-electron chi connectivity index (χ2n) is 7.40. The molecule has 1 amide bonds. The summed E-state index contributed by atoms with van der Waals surface area (Å²) in [4.78, 5) is 20.2. The van der Waals surface area contributed by atoms with Crippen LogP contribution in [0.3, 0.4) is 0 Å². The lowest BCUT2D eigenvalue weighted by atomic mass is 10.0. The van der Waals surface area contributed by atoms with E-state index in [1.165, 1.54) is 31.6 Å². The Labute approximate surface area is 189 Å². The number of hydrogen-bond donors (Lipinski definition) is 2. The Kier molecular flexibility index (Phi) is 6.03. The lowest BCUT2D eigenvalue weighted by molar-refractivity contribution is -0.116. The molecule has 1 atom stereocenters. The van der Waals surface area contributed by atoms with E-state index in [9.17, 15) is 9.18 Å². The lowest BCUT2D eigenvalue weighted by Gasteiger charge is -2.18. The molecule has 2 aromatic heterocycles. The number of fused-ring (bicyclic) bond motifs is 1. The van der Waals surface area contributed by atoms with Gasteiger partial charge in [0.15, 0.2) is 17.2 Å². The molecule has 0 fully saturated rings. The van der Waals surface area contributed by atoms with E-state index in [0.717, 1.165) is 11.1 Å². The van der Waals surface area contributed by atoms with E-state index in [-0.39, 0.29) is 23.5 Å². The first kappa shape index (κ1) is 21.9.